The minimum Gasteiger partial charge on any atom is -0.326 e. The van der Waals surface area contributed by atoms with Gasteiger partial charge in [0, 0.05) is 6.54 Å². The lowest BCUT2D eigenvalue weighted by Gasteiger charge is -2.12. The molecule has 0 heterocycles. The molecule has 2 heteroatoms. The molecule has 1 nitrogen and oxygen atoms in total. The van der Waals surface area contributed by atoms with E-state index in [2.05, 4.69) is 58.0 Å². The van der Waals surface area contributed by atoms with Crippen LogP contribution in [0, 0.1) is 27.7 Å². The van der Waals surface area contributed by atoms with Gasteiger partial charge in [0.2, 0.25) is 0 Å². The average molecular weight is 276 g/mol. The molecule has 2 aromatic carbocycles. The molecule has 0 aliphatic heterocycles. The molecule has 0 amide bonds. The summed E-state index contributed by atoms with van der Waals surface area (Å²) in [5.41, 5.74) is 14.9. The summed E-state index contributed by atoms with van der Waals surface area (Å²) in [7, 11) is 0. The monoisotopic (exact) mass is 275 g/mol. The van der Waals surface area contributed by atoms with Crippen LogP contribution in [0.1, 0.15) is 27.8 Å². The fraction of sp³-hybridized carbons (Fsp3) is 0.294. The van der Waals surface area contributed by atoms with Crippen molar-refractivity contribution in [1.29, 1.82) is 0 Å². The zero-order chi connectivity index (χ0) is 13.3. The van der Waals surface area contributed by atoms with Gasteiger partial charge >= 0.3 is 0 Å². The Bertz CT molecular complexity index is 565. The maximum atomic E-state index is 5.78. The molecule has 0 aliphatic rings. The second-order valence-electron chi connectivity index (χ2n) is 5.09. The number of benzene rings is 2. The van der Waals surface area contributed by atoms with Crippen LogP contribution in [0.5, 0.6) is 0 Å². The fourth-order valence-electron chi connectivity index (χ4n) is 2.40. The van der Waals surface area contributed by atoms with E-state index in [1.165, 1.54) is 38.9 Å². The van der Waals surface area contributed by atoms with Crippen molar-refractivity contribution in [3.8, 4) is 11.1 Å². The molecule has 0 bridgehead atoms. The van der Waals surface area contributed by atoms with Crippen molar-refractivity contribution in [2.75, 3.05) is 0 Å². The number of nitrogens with two attached hydrogens (primary N) is 1. The molecule has 0 saturated carbocycles. The molecular weight excluding hydrogens is 254 g/mol. The third-order valence-electron chi connectivity index (χ3n) is 3.74. The molecule has 0 atom stereocenters. The number of aryl methyl sites for hydroxylation is 4. The summed E-state index contributed by atoms with van der Waals surface area (Å²) in [6.07, 6.45) is 0. The number of hydrogen-bond acceptors (Lipinski definition) is 1. The van der Waals surface area contributed by atoms with Crippen LogP contribution in [0.3, 0.4) is 0 Å². The minimum atomic E-state index is 0. The first kappa shape index (κ1) is 15.7. The average Bonchev–Trinajstić information content (AvgIpc) is 2.32. The zero-order valence-electron chi connectivity index (χ0n) is 12.1. The number of halogens is 1. The van der Waals surface area contributed by atoms with Crippen LogP contribution in [0.4, 0.5) is 0 Å². The van der Waals surface area contributed by atoms with Crippen molar-refractivity contribution in [3.63, 3.8) is 0 Å². The van der Waals surface area contributed by atoms with Gasteiger partial charge in [-0.15, -0.1) is 12.4 Å². The van der Waals surface area contributed by atoms with Crippen LogP contribution >= 0.6 is 12.4 Å². The fourth-order valence-corrected chi connectivity index (χ4v) is 2.40. The summed E-state index contributed by atoms with van der Waals surface area (Å²) in [6, 6.07) is 11.1. The van der Waals surface area contributed by atoms with Gasteiger partial charge in [-0.25, -0.2) is 0 Å². The molecule has 0 unspecified atom stereocenters. The summed E-state index contributed by atoms with van der Waals surface area (Å²) in [6.45, 7) is 9.20. The Kier molecular flexibility index (Phi) is 5.16. The standard InChI is InChI=1S/C17H21N.ClH/c1-11-5-6-15(7-12(11)2)16-8-13(3)17(10-18)14(4)9-16;/h5-9H,10,18H2,1-4H3;1H. The van der Waals surface area contributed by atoms with Gasteiger partial charge in [-0.3, -0.25) is 0 Å². The highest BCUT2D eigenvalue weighted by Gasteiger charge is 2.06. The van der Waals surface area contributed by atoms with Crippen molar-refractivity contribution < 1.29 is 0 Å². The normalized spacial score (nSPS) is 10.2. The van der Waals surface area contributed by atoms with E-state index in [1.807, 2.05) is 0 Å². The summed E-state index contributed by atoms with van der Waals surface area (Å²) in [5, 5.41) is 0. The number of hydrogen-bond donors (Lipinski definition) is 1. The van der Waals surface area contributed by atoms with E-state index in [0.717, 1.165) is 0 Å². The largest absolute Gasteiger partial charge is 0.326 e. The van der Waals surface area contributed by atoms with Crippen LogP contribution in [0.15, 0.2) is 30.3 Å². The Balaban J connectivity index is 0.00000180. The van der Waals surface area contributed by atoms with E-state index in [4.69, 9.17) is 5.73 Å². The highest BCUT2D eigenvalue weighted by Crippen LogP contribution is 2.26. The highest BCUT2D eigenvalue weighted by atomic mass is 35.5. The minimum absolute atomic E-state index is 0. The summed E-state index contributed by atoms with van der Waals surface area (Å²) < 4.78 is 0. The maximum Gasteiger partial charge on any atom is 0.0183 e. The lowest BCUT2D eigenvalue weighted by molar-refractivity contribution is 1.03. The predicted molar refractivity (Wildman–Crippen MR) is 86.0 cm³/mol. The molecule has 0 aromatic heterocycles. The van der Waals surface area contributed by atoms with Crippen molar-refractivity contribution in [2.45, 2.75) is 34.2 Å². The van der Waals surface area contributed by atoms with E-state index in [-0.39, 0.29) is 12.4 Å². The Hall–Kier alpha value is -1.31. The third kappa shape index (κ3) is 3.17. The third-order valence-corrected chi connectivity index (χ3v) is 3.74. The van der Waals surface area contributed by atoms with Crippen molar-refractivity contribution in [3.05, 3.63) is 58.1 Å². The summed E-state index contributed by atoms with van der Waals surface area (Å²) in [5.74, 6) is 0. The van der Waals surface area contributed by atoms with Crippen molar-refractivity contribution in [1.82, 2.24) is 0 Å². The van der Waals surface area contributed by atoms with Gasteiger partial charge in [0.05, 0.1) is 0 Å². The van der Waals surface area contributed by atoms with Gasteiger partial charge in [0.25, 0.3) is 0 Å². The van der Waals surface area contributed by atoms with E-state index in [0.29, 0.717) is 6.54 Å². The van der Waals surface area contributed by atoms with Gasteiger partial charge < -0.3 is 5.73 Å². The van der Waals surface area contributed by atoms with Crippen molar-refractivity contribution in [2.24, 2.45) is 5.73 Å². The van der Waals surface area contributed by atoms with E-state index < -0.39 is 0 Å². The van der Waals surface area contributed by atoms with Gasteiger partial charge in [0.15, 0.2) is 0 Å². The first-order chi connectivity index (χ1) is 8.52. The maximum absolute atomic E-state index is 5.78. The van der Waals surface area contributed by atoms with Gasteiger partial charge in [-0.2, -0.15) is 0 Å². The van der Waals surface area contributed by atoms with E-state index in [1.54, 1.807) is 0 Å². The highest BCUT2D eigenvalue weighted by molar-refractivity contribution is 5.85. The molecule has 0 spiro atoms. The lowest BCUT2D eigenvalue weighted by atomic mass is 9.94. The number of rotatable bonds is 2. The molecule has 102 valence electrons. The second kappa shape index (κ2) is 6.23. The molecule has 2 aromatic rings. The molecule has 0 fully saturated rings. The van der Waals surface area contributed by atoms with E-state index in [9.17, 15) is 0 Å². The van der Waals surface area contributed by atoms with Crippen LogP contribution in [-0.2, 0) is 6.54 Å². The molecule has 2 N–H and O–H groups in total. The topological polar surface area (TPSA) is 26.0 Å². The summed E-state index contributed by atoms with van der Waals surface area (Å²) >= 11 is 0. The molecule has 0 radical (unpaired) electrons. The molecule has 0 saturated heterocycles. The van der Waals surface area contributed by atoms with Crippen LogP contribution in [-0.4, -0.2) is 0 Å². The van der Waals surface area contributed by atoms with Crippen LogP contribution in [0.25, 0.3) is 11.1 Å². The molecular formula is C17H22ClN. The van der Waals surface area contributed by atoms with Gasteiger partial charge in [-0.1, -0.05) is 30.3 Å². The molecule has 0 aliphatic carbocycles. The Morgan fingerprint density at radius 3 is 1.74 bits per heavy atom. The van der Waals surface area contributed by atoms with Crippen LogP contribution in [0.2, 0.25) is 0 Å². The molecule has 2 rings (SSSR count). The second-order valence-corrected chi connectivity index (χ2v) is 5.09. The SMILES string of the molecule is Cc1ccc(-c2cc(C)c(CN)c(C)c2)cc1C.Cl. The Morgan fingerprint density at radius 2 is 1.26 bits per heavy atom. The first-order valence-corrected chi connectivity index (χ1v) is 6.40. The van der Waals surface area contributed by atoms with E-state index >= 15 is 0 Å². The smallest absolute Gasteiger partial charge is 0.0183 e. The van der Waals surface area contributed by atoms with Crippen molar-refractivity contribution >= 4 is 12.4 Å². The predicted octanol–water partition coefficient (Wildman–Crippen LogP) is 4.47. The van der Waals surface area contributed by atoms with Crippen LogP contribution < -0.4 is 5.73 Å². The quantitative estimate of drug-likeness (QED) is 0.860. The van der Waals surface area contributed by atoms with Gasteiger partial charge in [-0.05, 0) is 66.6 Å². The summed E-state index contributed by atoms with van der Waals surface area (Å²) in [4.78, 5) is 0. The van der Waals surface area contributed by atoms with Gasteiger partial charge in [0.1, 0.15) is 0 Å². The Morgan fingerprint density at radius 1 is 0.737 bits per heavy atom. The molecule has 19 heavy (non-hydrogen) atoms. The first-order valence-electron chi connectivity index (χ1n) is 6.40. The zero-order valence-corrected chi connectivity index (χ0v) is 12.9. The lowest BCUT2D eigenvalue weighted by Crippen LogP contribution is -2.02. The Labute approximate surface area is 122 Å².